The van der Waals surface area contributed by atoms with E-state index in [4.69, 9.17) is 5.73 Å². The normalized spacial score (nSPS) is 17.6. The molecule has 2 aromatic carbocycles. The van der Waals surface area contributed by atoms with Crippen LogP contribution in [0.25, 0.3) is 0 Å². The van der Waals surface area contributed by atoms with Gasteiger partial charge in [0.05, 0.1) is 17.2 Å². The molecule has 0 bridgehead atoms. The largest absolute Gasteiger partial charge is 0.369 e. The SMILES string of the molecule is NC(=O)Cc1ccc(NC(=O)[C@@H]2CCCN(S(=O)(=O)c3ccc(F)cc3)C2)cc1. The van der Waals surface area contributed by atoms with Crippen LogP contribution < -0.4 is 11.1 Å². The lowest BCUT2D eigenvalue weighted by molar-refractivity contribution is -0.121. The summed E-state index contributed by atoms with van der Waals surface area (Å²) in [5, 5.41) is 2.79. The molecule has 9 heteroatoms. The average Bonchev–Trinajstić information content (AvgIpc) is 2.69. The number of nitrogens with two attached hydrogens (primary N) is 1. The third-order valence-corrected chi connectivity index (χ3v) is 6.69. The minimum atomic E-state index is -3.79. The summed E-state index contributed by atoms with van der Waals surface area (Å²) in [5.74, 6) is -1.72. The van der Waals surface area contributed by atoms with E-state index in [1.165, 1.54) is 16.4 Å². The Morgan fingerprint density at radius 2 is 1.76 bits per heavy atom. The molecule has 0 aromatic heterocycles. The highest BCUT2D eigenvalue weighted by molar-refractivity contribution is 7.89. The summed E-state index contributed by atoms with van der Waals surface area (Å²) in [5.41, 5.74) is 6.45. The van der Waals surface area contributed by atoms with Gasteiger partial charge in [0.25, 0.3) is 0 Å². The van der Waals surface area contributed by atoms with Crippen molar-refractivity contribution in [2.75, 3.05) is 18.4 Å². The van der Waals surface area contributed by atoms with E-state index in [0.29, 0.717) is 25.1 Å². The lowest BCUT2D eigenvalue weighted by Gasteiger charge is -2.31. The van der Waals surface area contributed by atoms with Gasteiger partial charge >= 0.3 is 0 Å². The number of carbonyl (C=O) groups is 2. The van der Waals surface area contributed by atoms with Crippen molar-refractivity contribution < 1.29 is 22.4 Å². The molecule has 2 amide bonds. The zero-order valence-electron chi connectivity index (χ0n) is 15.7. The van der Waals surface area contributed by atoms with Crippen LogP contribution in [0.3, 0.4) is 0 Å². The fraction of sp³-hybridized carbons (Fsp3) is 0.300. The predicted molar refractivity (Wildman–Crippen MR) is 106 cm³/mol. The third-order valence-electron chi connectivity index (χ3n) is 4.81. The molecule has 29 heavy (non-hydrogen) atoms. The summed E-state index contributed by atoms with van der Waals surface area (Å²) in [6.45, 7) is 0.372. The van der Waals surface area contributed by atoms with Crippen LogP contribution in [0.1, 0.15) is 18.4 Å². The number of rotatable bonds is 6. The van der Waals surface area contributed by atoms with Crippen LogP contribution in [0.15, 0.2) is 53.4 Å². The highest BCUT2D eigenvalue weighted by Gasteiger charge is 2.33. The van der Waals surface area contributed by atoms with E-state index in [-0.39, 0.29) is 23.8 Å². The van der Waals surface area contributed by atoms with Crippen LogP contribution in [-0.2, 0) is 26.0 Å². The minimum Gasteiger partial charge on any atom is -0.369 e. The lowest BCUT2D eigenvalue weighted by atomic mass is 9.98. The first-order valence-electron chi connectivity index (χ1n) is 9.19. The number of carbonyl (C=O) groups excluding carboxylic acids is 2. The molecule has 1 heterocycles. The lowest BCUT2D eigenvalue weighted by Crippen LogP contribution is -2.43. The summed E-state index contributed by atoms with van der Waals surface area (Å²) in [6, 6.07) is 11.4. The van der Waals surface area contributed by atoms with Crippen LogP contribution in [0.5, 0.6) is 0 Å². The second-order valence-corrected chi connectivity index (χ2v) is 8.92. The van der Waals surface area contributed by atoms with Crippen molar-refractivity contribution in [2.45, 2.75) is 24.2 Å². The van der Waals surface area contributed by atoms with Gasteiger partial charge in [-0.3, -0.25) is 9.59 Å². The Morgan fingerprint density at radius 3 is 2.38 bits per heavy atom. The standard InChI is InChI=1S/C20H22FN3O4S/c21-16-5-9-18(10-6-16)29(27,28)24-11-1-2-15(13-24)20(26)23-17-7-3-14(4-8-17)12-19(22)25/h3-10,15H,1-2,11-13H2,(H2,22,25)(H,23,26)/t15-/m1/s1. The molecule has 1 atom stereocenters. The van der Waals surface area contributed by atoms with Crippen molar-refractivity contribution in [3.8, 4) is 0 Å². The highest BCUT2D eigenvalue weighted by atomic mass is 32.2. The van der Waals surface area contributed by atoms with E-state index >= 15 is 0 Å². The van der Waals surface area contributed by atoms with E-state index < -0.39 is 27.7 Å². The Balaban J connectivity index is 1.66. The fourth-order valence-corrected chi connectivity index (χ4v) is 4.81. The quantitative estimate of drug-likeness (QED) is 0.745. The minimum absolute atomic E-state index is 0.00463. The summed E-state index contributed by atoms with van der Waals surface area (Å²) >= 11 is 0. The van der Waals surface area contributed by atoms with Crippen molar-refractivity contribution in [1.29, 1.82) is 0 Å². The topological polar surface area (TPSA) is 110 Å². The smallest absolute Gasteiger partial charge is 0.243 e. The van der Waals surface area contributed by atoms with Crippen LogP contribution in [-0.4, -0.2) is 37.6 Å². The fourth-order valence-electron chi connectivity index (χ4n) is 3.28. The second kappa shape index (κ2) is 8.71. The van der Waals surface area contributed by atoms with Crippen molar-refractivity contribution in [1.82, 2.24) is 4.31 Å². The van der Waals surface area contributed by atoms with Gasteiger partial charge in [0.2, 0.25) is 21.8 Å². The summed E-state index contributed by atoms with van der Waals surface area (Å²) in [6.07, 6.45) is 1.24. The van der Waals surface area contributed by atoms with Gasteiger partial charge in [-0.15, -0.1) is 0 Å². The number of hydrogen-bond donors (Lipinski definition) is 2. The number of amides is 2. The van der Waals surface area contributed by atoms with Gasteiger partial charge in [-0.1, -0.05) is 12.1 Å². The molecule has 3 N–H and O–H groups in total. The molecule has 0 spiro atoms. The maximum absolute atomic E-state index is 13.1. The van der Waals surface area contributed by atoms with E-state index in [1.54, 1.807) is 24.3 Å². The Labute approximate surface area is 168 Å². The Kier molecular flexibility index (Phi) is 6.29. The van der Waals surface area contributed by atoms with Gasteiger partial charge < -0.3 is 11.1 Å². The molecule has 1 aliphatic heterocycles. The number of piperidine rings is 1. The first-order chi connectivity index (χ1) is 13.8. The average molecular weight is 419 g/mol. The number of nitrogens with one attached hydrogen (secondary N) is 1. The van der Waals surface area contributed by atoms with Gasteiger partial charge in [-0.25, -0.2) is 12.8 Å². The number of hydrogen-bond acceptors (Lipinski definition) is 4. The summed E-state index contributed by atoms with van der Waals surface area (Å²) in [7, 11) is -3.79. The van der Waals surface area contributed by atoms with Crippen molar-refractivity contribution in [2.24, 2.45) is 11.7 Å². The van der Waals surface area contributed by atoms with Crippen LogP contribution in [0.4, 0.5) is 10.1 Å². The monoisotopic (exact) mass is 419 g/mol. The molecule has 154 valence electrons. The van der Waals surface area contributed by atoms with Crippen LogP contribution in [0.2, 0.25) is 0 Å². The summed E-state index contributed by atoms with van der Waals surface area (Å²) < 4.78 is 39.9. The van der Waals surface area contributed by atoms with E-state index in [0.717, 1.165) is 17.7 Å². The first-order valence-corrected chi connectivity index (χ1v) is 10.6. The molecule has 1 saturated heterocycles. The van der Waals surface area contributed by atoms with Gasteiger partial charge in [-0.05, 0) is 54.8 Å². The first kappa shape index (κ1) is 20.9. The number of sulfonamides is 1. The van der Waals surface area contributed by atoms with Crippen LogP contribution in [0, 0.1) is 11.7 Å². The number of primary amides is 1. The zero-order valence-corrected chi connectivity index (χ0v) is 16.5. The number of halogens is 1. The van der Waals surface area contributed by atoms with Gasteiger partial charge in [0, 0.05) is 18.8 Å². The molecule has 3 rings (SSSR count). The number of anilines is 1. The van der Waals surface area contributed by atoms with E-state index in [1.807, 2.05) is 0 Å². The van der Waals surface area contributed by atoms with Gasteiger partial charge in [0.1, 0.15) is 5.82 Å². The Hall–Kier alpha value is -2.78. The number of nitrogens with zero attached hydrogens (tertiary/aromatic N) is 1. The molecule has 0 radical (unpaired) electrons. The second-order valence-electron chi connectivity index (χ2n) is 6.99. The Bertz CT molecular complexity index is 991. The molecule has 7 nitrogen and oxygen atoms in total. The molecule has 2 aromatic rings. The van der Waals surface area contributed by atoms with Gasteiger partial charge in [0.15, 0.2) is 0 Å². The van der Waals surface area contributed by atoms with Crippen LogP contribution >= 0.6 is 0 Å². The molecule has 0 unspecified atom stereocenters. The predicted octanol–water partition coefficient (Wildman–Crippen LogP) is 1.89. The maximum atomic E-state index is 13.1. The molecule has 0 aliphatic carbocycles. The van der Waals surface area contributed by atoms with E-state index in [2.05, 4.69) is 5.32 Å². The maximum Gasteiger partial charge on any atom is 0.243 e. The highest BCUT2D eigenvalue weighted by Crippen LogP contribution is 2.25. The molecule has 0 saturated carbocycles. The Morgan fingerprint density at radius 1 is 1.10 bits per heavy atom. The van der Waals surface area contributed by atoms with Crippen molar-refractivity contribution in [3.05, 3.63) is 59.9 Å². The van der Waals surface area contributed by atoms with Crippen molar-refractivity contribution in [3.63, 3.8) is 0 Å². The van der Waals surface area contributed by atoms with Gasteiger partial charge in [-0.2, -0.15) is 4.31 Å². The number of benzene rings is 2. The molecular formula is C20H22FN3O4S. The molecule has 1 fully saturated rings. The molecular weight excluding hydrogens is 397 g/mol. The van der Waals surface area contributed by atoms with E-state index in [9.17, 15) is 22.4 Å². The van der Waals surface area contributed by atoms with Crippen molar-refractivity contribution >= 4 is 27.5 Å². The zero-order chi connectivity index (χ0) is 21.0. The molecule has 1 aliphatic rings. The third kappa shape index (κ3) is 5.18. The summed E-state index contributed by atoms with van der Waals surface area (Å²) in [4.78, 5) is 23.6.